The molecule has 1 aliphatic heterocycles. The molecule has 3 aliphatic rings. The fraction of sp³-hybridized carbons (Fsp3) is 0.379. The highest BCUT2D eigenvalue weighted by atomic mass is 16.6. The second-order valence-corrected chi connectivity index (χ2v) is 11.0. The molecule has 2 aromatic rings. The lowest BCUT2D eigenvalue weighted by Crippen LogP contribution is -2.33. The van der Waals surface area contributed by atoms with Gasteiger partial charge in [-0.05, 0) is 63.8 Å². The molecule has 1 saturated carbocycles. The molecule has 10 nitrogen and oxygen atoms in total. The fourth-order valence-corrected chi connectivity index (χ4v) is 5.68. The third kappa shape index (κ3) is 4.39. The number of methoxy groups -OCH3 is 2. The van der Waals surface area contributed by atoms with E-state index in [4.69, 9.17) is 14.2 Å². The van der Waals surface area contributed by atoms with Crippen molar-refractivity contribution in [1.82, 2.24) is 9.88 Å². The molecule has 39 heavy (non-hydrogen) atoms. The van der Waals surface area contributed by atoms with E-state index in [1.54, 1.807) is 56.9 Å². The van der Waals surface area contributed by atoms with Gasteiger partial charge in [-0.15, -0.1) is 0 Å². The van der Waals surface area contributed by atoms with Gasteiger partial charge in [0.05, 0.1) is 31.2 Å². The van der Waals surface area contributed by atoms with Gasteiger partial charge < -0.3 is 24.1 Å². The van der Waals surface area contributed by atoms with E-state index in [0.717, 1.165) is 6.42 Å². The molecular formula is C29H31N3O7. The van der Waals surface area contributed by atoms with Gasteiger partial charge in [0.2, 0.25) is 5.78 Å². The van der Waals surface area contributed by atoms with Gasteiger partial charge in [0, 0.05) is 41.1 Å². The number of hydrogen-bond donors (Lipinski definition) is 2. The zero-order chi connectivity index (χ0) is 28.3. The Kier molecular flexibility index (Phi) is 6.16. The van der Waals surface area contributed by atoms with Crippen LogP contribution < -0.4 is 10.1 Å². The smallest absolute Gasteiger partial charge is 0.412 e. The van der Waals surface area contributed by atoms with E-state index >= 15 is 0 Å². The number of aromatic amines is 1. The second-order valence-electron chi connectivity index (χ2n) is 11.0. The number of ether oxygens (including phenoxy) is 3. The van der Waals surface area contributed by atoms with E-state index in [-0.39, 0.29) is 17.6 Å². The quantitative estimate of drug-likeness (QED) is 0.432. The van der Waals surface area contributed by atoms with Crippen LogP contribution in [0.25, 0.3) is 6.08 Å². The SMILES string of the molecule is COC(=O)c1c(C)[nH]c2c1[C@@]13C[C@@H]1CN(C(=O)/C=C/c1ccc(OC)c(NC(=O)OC(C)(C)C)c1)C3=CC2=O. The molecule has 2 atom stereocenters. The molecule has 0 radical (unpaired) electrons. The maximum absolute atomic E-state index is 13.4. The van der Waals surface area contributed by atoms with Crippen molar-refractivity contribution in [2.45, 2.75) is 45.1 Å². The van der Waals surface area contributed by atoms with Crippen molar-refractivity contribution in [2.75, 3.05) is 26.1 Å². The minimum atomic E-state index is -0.665. The number of benzene rings is 1. The number of amides is 2. The van der Waals surface area contributed by atoms with Crippen LogP contribution in [0.1, 0.15) is 64.9 Å². The number of aryl methyl sites for hydroxylation is 1. The van der Waals surface area contributed by atoms with Crippen LogP contribution in [-0.4, -0.2) is 60.0 Å². The number of anilines is 1. The normalized spacial score (nSPS) is 21.1. The summed E-state index contributed by atoms with van der Waals surface area (Å²) in [6.07, 6.45) is 4.71. The van der Waals surface area contributed by atoms with Crippen molar-refractivity contribution >= 4 is 35.5 Å². The molecule has 5 rings (SSSR count). The van der Waals surface area contributed by atoms with Crippen LogP contribution in [0.3, 0.4) is 0 Å². The van der Waals surface area contributed by atoms with Gasteiger partial charge in [0.1, 0.15) is 11.4 Å². The summed E-state index contributed by atoms with van der Waals surface area (Å²) >= 11 is 0. The molecule has 2 N–H and O–H groups in total. The minimum Gasteiger partial charge on any atom is -0.495 e. The summed E-state index contributed by atoms with van der Waals surface area (Å²) in [6.45, 7) is 7.49. The number of likely N-dealkylation sites (tertiary alicyclic amines) is 1. The summed E-state index contributed by atoms with van der Waals surface area (Å²) in [4.78, 5) is 55.9. The summed E-state index contributed by atoms with van der Waals surface area (Å²) in [5.74, 6) is -0.508. The lowest BCUT2D eigenvalue weighted by atomic mass is 9.82. The number of hydrogen-bond acceptors (Lipinski definition) is 7. The van der Waals surface area contributed by atoms with E-state index in [1.165, 1.54) is 26.4 Å². The van der Waals surface area contributed by atoms with Gasteiger partial charge >= 0.3 is 12.1 Å². The number of rotatable bonds is 5. The molecule has 2 aliphatic carbocycles. The highest BCUT2D eigenvalue weighted by molar-refractivity contribution is 6.11. The molecule has 1 aromatic carbocycles. The Morgan fingerprint density at radius 1 is 1.21 bits per heavy atom. The zero-order valence-corrected chi connectivity index (χ0v) is 22.8. The first kappa shape index (κ1) is 26.3. The van der Waals surface area contributed by atoms with E-state index in [0.29, 0.717) is 51.8 Å². The Morgan fingerprint density at radius 3 is 2.62 bits per heavy atom. The first-order chi connectivity index (χ1) is 18.4. The zero-order valence-electron chi connectivity index (χ0n) is 22.8. The topological polar surface area (TPSA) is 127 Å². The van der Waals surface area contributed by atoms with Crippen LogP contribution >= 0.6 is 0 Å². The lowest BCUT2D eigenvalue weighted by molar-refractivity contribution is -0.123. The molecular weight excluding hydrogens is 502 g/mol. The Labute approximate surface area is 226 Å². The summed E-state index contributed by atoms with van der Waals surface area (Å²) in [7, 11) is 2.80. The van der Waals surface area contributed by atoms with Crippen LogP contribution in [0.5, 0.6) is 5.75 Å². The average molecular weight is 534 g/mol. The first-order valence-corrected chi connectivity index (χ1v) is 12.6. The molecule has 1 saturated heterocycles. The summed E-state index contributed by atoms with van der Waals surface area (Å²) in [5.41, 5.74) is 2.45. The van der Waals surface area contributed by atoms with Crippen LogP contribution in [0.15, 0.2) is 36.0 Å². The van der Waals surface area contributed by atoms with Crippen LogP contribution in [0.2, 0.25) is 0 Å². The Hall–Kier alpha value is -4.34. The van der Waals surface area contributed by atoms with Crippen molar-refractivity contribution in [2.24, 2.45) is 5.92 Å². The number of piperidine rings is 1. The van der Waals surface area contributed by atoms with Crippen molar-refractivity contribution in [3.8, 4) is 5.75 Å². The highest BCUT2D eigenvalue weighted by Gasteiger charge is 2.68. The molecule has 2 fully saturated rings. The number of nitrogens with zero attached hydrogens (tertiary/aromatic N) is 1. The highest BCUT2D eigenvalue weighted by Crippen LogP contribution is 2.67. The Balaban J connectivity index is 1.39. The van der Waals surface area contributed by atoms with Crippen molar-refractivity contribution in [1.29, 1.82) is 0 Å². The van der Waals surface area contributed by atoms with Crippen molar-refractivity contribution < 1.29 is 33.4 Å². The largest absolute Gasteiger partial charge is 0.495 e. The van der Waals surface area contributed by atoms with Gasteiger partial charge in [-0.1, -0.05) is 6.07 Å². The van der Waals surface area contributed by atoms with Crippen molar-refractivity contribution in [3.05, 3.63) is 64.1 Å². The molecule has 2 amide bonds. The second kappa shape index (κ2) is 9.14. The molecule has 0 bridgehead atoms. The van der Waals surface area contributed by atoms with Crippen LogP contribution in [0.4, 0.5) is 10.5 Å². The molecule has 204 valence electrons. The van der Waals surface area contributed by atoms with E-state index in [9.17, 15) is 19.2 Å². The number of carbonyl (C=O) groups is 4. The van der Waals surface area contributed by atoms with Gasteiger partial charge in [-0.3, -0.25) is 14.9 Å². The Morgan fingerprint density at radius 2 is 1.95 bits per heavy atom. The van der Waals surface area contributed by atoms with Crippen LogP contribution in [-0.2, 0) is 19.7 Å². The number of fused-ring (bicyclic) bond motifs is 1. The minimum absolute atomic E-state index is 0.108. The lowest BCUT2D eigenvalue weighted by Gasteiger charge is -2.27. The first-order valence-electron chi connectivity index (χ1n) is 12.6. The van der Waals surface area contributed by atoms with E-state index < -0.39 is 23.1 Å². The predicted octanol–water partition coefficient (Wildman–Crippen LogP) is 4.36. The fourth-order valence-electron chi connectivity index (χ4n) is 5.68. The number of aromatic nitrogens is 1. The van der Waals surface area contributed by atoms with E-state index in [1.807, 2.05) is 0 Å². The summed E-state index contributed by atoms with van der Waals surface area (Å²) in [6, 6.07) is 5.12. The standard InChI is InChI=1S/C29H31N3O7/c1-15-23(26(35)38-6)24-25(30-15)19(33)12-21-29(24)13-17(29)14-32(21)22(34)10-8-16-7-9-20(37-5)18(11-16)31-27(36)39-28(2,3)4/h7-12,17,30H,13-14H2,1-6H3,(H,31,36)/b10-8+/t17-,29+/m1/s1. The van der Waals surface area contributed by atoms with Gasteiger partial charge in [-0.2, -0.15) is 0 Å². The monoisotopic (exact) mass is 533 g/mol. The van der Waals surface area contributed by atoms with Gasteiger partial charge in [0.15, 0.2) is 0 Å². The average Bonchev–Trinajstić information content (AvgIpc) is 3.31. The molecule has 0 unspecified atom stereocenters. The van der Waals surface area contributed by atoms with E-state index in [2.05, 4.69) is 10.3 Å². The maximum atomic E-state index is 13.4. The molecule has 10 heteroatoms. The maximum Gasteiger partial charge on any atom is 0.412 e. The van der Waals surface area contributed by atoms with Gasteiger partial charge in [-0.25, -0.2) is 9.59 Å². The molecule has 1 aromatic heterocycles. The number of carbonyl (C=O) groups excluding carboxylic acids is 4. The molecule has 1 spiro atoms. The number of allylic oxidation sites excluding steroid dienone is 2. The third-order valence-corrected chi connectivity index (χ3v) is 7.34. The number of H-pyrrole nitrogens is 1. The van der Waals surface area contributed by atoms with Gasteiger partial charge in [0.25, 0.3) is 5.91 Å². The number of esters is 1. The summed E-state index contributed by atoms with van der Waals surface area (Å²) in [5, 5.41) is 2.68. The van der Waals surface area contributed by atoms with Crippen molar-refractivity contribution in [3.63, 3.8) is 0 Å². The molecule has 2 heterocycles. The Bertz CT molecular complexity index is 1480. The number of nitrogens with one attached hydrogen (secondary N) is 2. The van der Waals surface area contributed by atoms with Crippen LogP contribution in [0, 0.1) is 12.8 Å². The number of ketones is 1. The predicted molar refractivity (Wildman–Crippen MR) is 143 cm³/mol. The third-order valence-electron chi connectivity index (χ3n) is 7.34. The summed E-state index contributed by atoms with van der Waals surface area (Å²) < 4.78 is 15.7.